The van der Waals surface area contributed by atoms with Crippen LogP contribution in [-0.4, -0.2) is 90.0 Å². The summed E-state index contributed by atoms with van der Waals surface area (Å²) in [7, 11) is 1.44. The Labute approximate surface area is 215 Å². The average Bonchev–Trinajstić information content (AvgIpc) is 3.53. The molecular weight excluding hydrogens is 514 g/mol. The maximum absolute atomic E-state index is 14.5. The van der Waals surface area contributed by atoms with E-state index in [1.807, 2.05) is 0 Å². The first-order valence-electron chi connectivity index (χ1n) is 11.9. The molecule has 1 aliphatic heterocycles. The first-order chi connectivity index (χ1) is 17.8. The second-order valence-electron chi connectivity index (χ2n) is 9.48. The molecule has 11 nitrogen and oxygen atoms in total. The fraction of sp³-hybridized carbons (Fsp3) is 0.565. The van der Waals surface area contributed by atoms with Gasteiger partial charge in [0, 0.05) is 25.3 Å². The molecule has 2 aliphatic rings. The predicted molar refractivity (Wildman–Crippen MR) is 125 cm³/mol. The van der Waals surface area contributed by atoms with Crippen LogP contribution in [0.3, 0.4) is 0 Å². The fourth-order valence-electron chi connectivity index (χ4n) is 5.07. The highest BCUT2D eigenvalue weighted by Crippen LogP contribution is 2.39. The van der Waals surface area contributed by atoms with Crippen LogP contribution in [0.1, 0.15) is 31.0 Å². The molecule has 0 unspecified atom stereocenters. The number of hydrogen-bond acceptors (Lipinski definition) is 9. The Hall–Kier alpha value is -2.55. The summed E-state index contributed by atoms with van der Waals surface area (Å²) in [6, 6.07) is 1.62. The zero-order valence-electron chi connectivity index (χ0n) is 19.9. The zero-order valence-corrected chi connectivity index (χ0v) is 20.7. The number of rotatable bonds is 8. The van der Waals surface area contributed by atoms with Gasteiger partial charge in [-0.25, -0.2) is 18.1 Å². The van der Waals surface area contributed by atoms with E-state index in [9.17, 15) is 24.1 Å². The van der Waals surface area contributed by atoms with E-state index in [0.717, 1.165) is 19.3 Å². The molecular formula is C23H27ClF2N6O5. The third kappa shape index (κ3) is 4.53. The molecule has 0 bridgehead atoms. The average molecular weight is 541 g/mol. The van der Waals surface area contributed by atoms with Crippen molar-refractivity contribution in [1.82, 2.24) is 30.0 Å². The third-order valence-corrected chi connectivity index (χ3v) is 7.67. The van der Waals surface area contributed by atoms with Gasteiger partial charge in [-0.3, -0.25) is 0 Å². The zero-order chi connectivity index (χ0) is 26.3. The number of aliphatic hydroxyl groups excluding tert-OH is 3. The van der Waals surface area contributed by atoms with Gasteiger partial charge in [-0.15, -0.1) is 10.2 Å². The summed E-state index contributed by atoms with van der Waals surface area (Å²) in [4.78, 5) is 0. The van der Waals surface area contributed by atoms with Gasteiger partial charge in [-0.1, -0.05) is 22.0 Å². The molecule has 0 spiro atoms. The standard InChI is InChI=1S/C23H27ClF2N6O5/c1-36-22-16(7-12-8-32(30-27-12)23(11-34)5-2-6-23)37-17(10-33)21(35)20(22)31-9-15(28-29-31)13-3-4-14(24)19(26)18(13)25/h3-4,8-9,16-17,20-22,33-35H,2,5-7,10-11H2,1H3/t16-,17-,20+,21+,22+/m1/s1. The highest BCUT2D eigenvalue weighted by Gasteiger charge is 2.47. The molecule has 1 saturated heterocycles. The van der Waals surface area contributed by atoms with Crippen molar-refractivity contribution in [1.29, 1.82) is 0 Å². The van der Waals surface area contributed by atoms with E-state index >= 15 is 0 Å². The largest absolute Gasteiger partial charge is 0.394 e. The minimum absolute atomic E-state index is 0.0245. The van der Waals surface area contributed by atoms with Crippen LogP contribution < -0.4 is 0 Å². The van der Waals surface area contributed by atoms with Crippen molar-refractivity contribution in [2.45, 2.75) is 61.7 Å². The predicted octanol–water partition coefficient (Wildman–Crippen LogP) is 1.26. The van der Waals surface area contributed by atoms with Crippen LogP contribution in [0, 0.1) is 11.6 Å². The van der Waals surface area contributed by atoms with Crippen molar-refractivity contribution in [3.8, 4) is 11.3 Å². The van der Waals surface area contributed by atoms with Gasteiger partial charge in [0.25, 0.3) is 0 Å². The summed E-state index contributed by atoms with van der Waals surface area (Å²) in [6.07, 6.45) is 2.27. The summed E-state index contributed by atoms with van der Waals surface area (Å²) >= 11 is 5.65. The number of aromatic nitrogens is 6. The number of hydrogen-bond donors (Lipinski definition) is 3. The van der Waals surface area contributed by atoms with Crippen LogP contribution in [0.15, 0.2) is 24.5 Å². The number of nitrogens with zero attached hydrogens (tertiary/aromatic N) is 6. The number of benzene rings is 1. The van der Waals surface area contributed by atoms with Crippen LogP contribution in [0.2, 0.25) is 5.02 Å². The van der Waals surface area contributed by atoms with Gasteiger partial charge in [0.05, 0.1) is 41.8 Å². The van der Waals surface area contributed by atoms with Crippen LogP contribution >= 0.6 is 11.6 Å². The van der Waals surface area contributed by atoms with Gasteiger partial charge >= 0.3 is 0 Å². The summed E-state index contributed by atoms with van der Waals surface area (Å²) in [5, 5.41) is 46.8. The van der Waals surface area contributed by atoms with Crippen LogP contribution in [0.25, 0.3) is 11.3 Å². The lowest BCUT2D eigenvalue weighted by Crippen LogP contribution is -2.57. The van der Waals surface area contributed by atoms with Crippen molar-refractivity contribution >= 4 is 11.6 Å². The molecule has 5 atom stereocenters. The molecule has 1 aromatic carbocycles. The van der Waals surface area contributed by atoms with E-state index in [-0.39, 0.29) is 29.3 Å². The highest BCUT2D eigenvalue weighted by atomic mass is 35.5. The maximum Gasteiger partial charge on any atom is 0.178 e. The van der Waals surface area contributed by atoms with Crippen molar-refractivity contribution in [3.05, 3.63) is 46.9 Å². The molecule has 0 radical (unpaired) electrons. The van der Waals surface area contributed by atoms with Crippen molar-refractivity contribution in [3.63, 3.8) is 0 Å². The molecule has 200 valence electrons. The molecule has 3 N–H and O–H groups in total. The summed E-state index contributed by atoms with van der Waals surface area (Å²) < 4.78 is 43.1. The summed E-state index contributed by atoms with van der Waals surface area (Å²) in [5.41, 5.74) is 0.0107. The van der Waals surface area contributed by atoms with Crippen LogP contribution in [0.5, 0.6) is 0 Å². The van der Waals surface area contributed by atoms with E-state index in [4.69, 9.17) is 21.1 Å². The number of aliphatic hydroxyl groups is 3. The summed E-state index contributed by atoms with van der Waals surface area (Å²) in [5.74, 6) is -2.37. The van der Waals surface area contributed by atoms with Gasteiger partial charge < -0.3 is 24.8 Å². The Morgan fingerprint density at radius 1 is 1.14 bits per heavy atom. The molecule has 3 aromatic rings. The van der Waals surface area contributed by atoms with Gasteiger partial charge in [-0.2, -0.15) is 0 Å². The molecule has 1 saturated carbocycles. The Morgan fingerprint density at radius 3 is 2.57 bits per heavy atom. The first kappa shape index (κ1) is 26.1. The third-order valence-electron chi connectivity index (χ3n) is 7.38. The van der Waals surface area contributed by atoms with E-state index in [0.29, 0.717) is 5.69 Å². The topological polar surface area (TPSA) is 141 Å². The van der Waals surface area contributed by atoms with Crippen LogP contribution in [0.4, 0.5) is 8.78 Å². The SMILES string of the molecule is CO[C@@H]1[C@@H](n2cc(-c3ccc(Cl)c(F)c3F)nn2)[C@@H](O)[C@@H](CO)O[C@@H]1Cc1cn(C2(CO)CCC2)nn1. The molecule has 2 fully saturated rings. The van der Waals surface area contributed by atoms with Crippen molar-refractivity contribution in [2.75, 3.05) is 20.3 Å². The van der Waals surface area contributed by atoms with E-state index in [1.165, 1.54) is 30.1 Å². The minimum Gasteiger partial charge on any atom is -0.394 e. The Balaban J connectivity index is 1.43. The smallest absolute Gasteiger partial charge is 0.178 e. The first-order valence-corrected chi connectivity index (χ1v) is 12.2. The molecule has 5 rings (SSSR count). The van der Waals surface area contributed by atoms with Crippen molar-refractivity contribution < 1.29 is 33.6 Å². The maximum atomic E-state index is 14.5. The van der Waals surface area contributed by atoms with Crippen LogP contribution in [-0.2, 0) is 21.4 Å². The van der Waals surface area contributed by atoms with E-state index in [1.54, 1.807) is 10.9 Å². The number of methoxy groups -OCH3 is 1. The van der Waals surface area contributed by atoms with Gasteiger partial charge in [0.15, 0.2) is 11.6 Å². The Bertz CT molecular complexity index is 1250. The number of ether oxygens (including phenoxy) is 2. The van der Waals surface area contributed by atoms with E-state index < -0.39 is 54.2 Å². The van der Waals surface area contributed by atoms with Gasteiger partial charge in [-0.05, 0) is 31.4 Å². The quantitative estimate of drug-likeness (QED) is 0.360. The lowest BCUT2D eigenvalue weighted by atomic mass is 9.77. The second kappa shape index (κ2) is 10.3. The monoisotopic (exact) mass is 540 g/mol. The summed E-state index contributed by atoms with van der Waals surface area (Å²) in [6.45, 7) is -0.520. The minimum atomic E-state index is -1.25. The second-order valence-corrected chi connectivity index (χ2v) is 9.89. The lowest BCUT2D eigenvalue weighted by Gasteiger charge is -2.43. The molecule has 2 aromatic heterocycles. The lowest BCUT2D eigenvalue weighted by molar-refractivity contribution is -0.212. The number of halogens is 3. The Morgan fingerprint density at radius 2 is 1.92 bits per heavy atom. The van der Waals surface area contributed by atoms with E-state index in [2.05, 4.69) is 20.6 Å². The molecule has 14 heteroatoms. The van der Waals surface area contributed by atoms with Gasteiger partial charge in [0.1, 0.15) is 30.0 Å². The molecule has 1 aliphatic carbocycles. The van der Waals surface area contributed by atoms with Crippen molar-refractivity contribution in [2.24, 2.45) is 0 Å². The Kier molecular flexibility index (Phi) is 7.27. The molecule has 0 amide bonds. The molecule has 37 heavy (non-hydrogen) atoms. The van der Waals surface area contributed by atoms with Gasteiger partial charge in [0.2, 0.25) is 0 Å². The molecule has 3 heterocycles. The fourth-order valence-corrected chi connectivity index (χ4v) is 5.22. The highest BCUT2D eigenvalue weighted by molar-refractivity contribution is 6.30. The normalized spacial score (nSPS) is 27.3.